The summed E-state index contributed by atoms with van der Waals surface area (Å²) < 4.78 is 11.2. The summed E-state index contributed by atoms with van der Waals surface area (Å²) in [5, 5.41) is 6.74. The van der Waals surface area contributed by atoms with E-state index in [1.54, 1.807) is 18.2 Å². The van der Waals surface area contributed by atoms with Gasteiger partial charge in [0, 0.05) is 0 Å². The number of nitrogens with zero attached hydrogens (tertiary/aromatic N) is 1. The van der Waals surface area contributed by atoms with Gasteiger partial charge in [-0.1, -0.05) is 24.3 Å². The van der Waals surface area contributed by atoms with E-state index in [1.165, 1.54) is 24.0 Å². The fourth-order valence-electron chi connectivity index (χ4n) is 3.64. The van der Waals surface area contributed by atoms with Crippen LogP contribution < -0.4 is 20.2 Å². The van der Waals surface area contributed by atoms with Gasteiger partial charge < -0.3 is 14.8 Å². The lowest BCUT2D eigenvalue weighted by atomic mass is 9.90. The largest absolute Gasteiger partial charge is 0.485 e. The minimum Gasteiger partial charge on any atom is -0.485 e. The van der Waals surface area contributed by atoms with Crippen LogP contribution in [0.3, 0.4) is 0 Å². The molecule has 0 radical (unpaired) electrons. The van der Waals surface area contributed by atoms with Crippen LogP contribution in [0.5, 0.6) is 11.5 Å². The lowest BCUT2D eigenvalue weighted by molar-refractivity contribution is -0.132. The summed E-state index contributed by atoms with van der Waals surface area (Å²) in [4.78, 5) is 24.4. The third-order valence-electron chi connectivity index (χ3n) is 5.34. The average Bonchev–Trinajstić information content (AvgIpc) is 2.80. The van der Waals surface area contributed by atoms with Crippen molar-refractivity contribution < 1.29 is 19.1 Å². The van der Waals surface area contributed by atoms with E-state index in [2.05, 4.69) is 28.0 Å². The molecule has 7 heteroatoms. The van der Waals surface area contributed by atoms with Crippen LogP contribution >= 0.6 is 0 Å². The number of aryl methyl sites for hydroxylation is 2. The number of hydrogen-bond acceptors (Lipinski definition) is 5. The zero-order valence-corrected chi connectivity index (χ0v) is 16.9. The predicted octanol–water partition coefficient (Wildman–Crippen LogP) is 2.36. The van der Waals surface area contributed by atoms with Crippen LogP contribution in [0.2, 0.25) is 0 Å². The molecule has 1 aliphatic carbocycles. The molecule has 0 fully saturated rings. The highest BCUT2D eigenvalue weighted by atomic mass is 16.6. The third kappa shape index (κ3) is 4.62. The fraction of sp³-hybridized carbons (Fsp3) is 0.348. The Morgan fingerprint density at radius 3 is 2.67 bits per heavy atom. The lowest BCUT2D eigenvalue weighted by Crippen LogP contribution is -2.46. The molecule has 1 aliphatic heterocycles. The number of nitrogens with one attached hydrogen (secondary N) is 2. The van der Waals surface area contributed by atoms with Gasteiger partial charge in [0.2, 0.25) is 6.10 Å². The highest BCUT2D eigenvalue weighted by molar-refractivity contribution is 5.99. The Hall–Kier alpha value is -3.35. The van der Waals surface area contributed by atoms with Gasteiger partial charge in [0.1, 0.15) is 6.61 Å². The molecule has 2 aromatic carbocycles. The molecule has 0 saturated heterocycles. The second-order valence-corrected chi connectivity index (χ2v) is 7.50. The van der Waals surface area contributed by atoms with E-state index in [-0.39, 0.29) is 13.2 Å². The fourth-order valence-corrected chi connectivity index (χ4v) is 3.64. The summed E-state index contributed by atoms with van der Waals surface area (Å²) in [6.45, 7) is 1.76. The van der Waals surface area contributed by atoms with E-state index in [9.17, 15) is 9.59 Å². The molecular weight excluding hydrogens is 382 g/mol. The second kappa shape index (κ2) is 8.98. The molecule has 2 N–H and O–H groups in total. The molecule has 156 valence electrons. The second-order valence-electron chi connectivity index (χ2n) is 7.50. The number of hydrogen-bond donors (Lipinski definition) is 2. The van der Waals surface area contributed by atoms with Gasteiger partial charge in [0.15, 0.2) is 11.5 Å². The van der Waals surface area contributed by atoms with Crippen molar-refractivity contribution in [2.75, 3.05) is 13.2 Å². The first-order valence-corrected chi connectivity index (χ1v) is 10.2. The van der Waals surface area contributed by atoms with Crippen molar-refractivity contribution in [1.82, 2.24) is 10.7 Å². The number of rotatable bonds is 5. The highest BCUT2D eigenvalue weighted by Crippen LogP contribution is 2.30. The highest BCUT2D eigenvalue weighted by Gasteiger charge is 2.27. The van der Waals surface area contributed by atoms with Crippen molar-refractivity contribution in [2.24, 2.45) is 5.10 Å². The van der Waals surface area contributed by atoms with E-state index in [4.69, 9.17) is 9.47 Å². The number of carbonyl (C=O) groups excluding carboxylic acids is 2. The molecule has 0 aromatic heterocycles. The molecular formula is C23H25N3O4. The quantitative estimate of drug-likeness (QED) is 0.588. The molecule has 4 rings (SSSR count). The van der Waals surface area contributed by atoms with Crippen LogP contribution in [0.1, 0.15) is 36.5 Å². The number of carbonyl (C=O) groups is 2. The van der Waals surface area contributed by atoms with E-state index < -0.39 is 17.9 Å². The summed E-state index contributed by atoms with van der Waals surface area (Å²) in [6.07, 6.45) is 3.87. The Labute approximate surface area is 175 Å². The Kier molecular flexibility index (Phi) is 5.97. The molecule has 0 saturated carbocycles. The lowest BCUT2D eigenvalue weighted by Gasteiger charge is -2.25. The van der Waals surface area contributed by atoms with Gasteiger partial charge in [-0.15, -0.1) is 0 Å². The minimum atomic E-state index is -0.798. The zero-order chi connectivity index (χ0) is 20.9. The standard InChI is InChI=1S/C23H25N3O4/c1-15(17-11-10-16-6-2-3-7-18(16)12-17)25-26-22(27)13-24-23(28)21-14-29-19-8-4-5-9-20(19)30-21/h4-5,8-12,21H,2-3,6-7,13-14H2,1H3,(H,24,28)(H,26,27). The van der Waals surface area contributed by atoms with E-state index in [0.29, 0.717) is 11.5 Å². The zero-order valence-electron chi connectivity index (χ0n) is 16.9. The van der Waals surface area contributed by atoms with Crippen LogP contribution in [-0.4, -0.2) is 36.8 Å². The van der Waals surface area contributed by atoms with Crippen LogP contribution in [0.4, 0.5) is 0 Å². The molecule has 1 atom stereocenters. The van der Waals surface area contributed by atoms with Gasteiger partial charge >= 0.3 is 0 Å². The van der Waals surface area contributed by atoms with Crippen molar-refractivity contribution in [1.29, 1.82) is 0 Å². The van der Waals surface area contributed by atoms with E-state index in [1.807, 2.05) is 19.1 Å². The monoisotopic (exact) mass is 407 g/mol. The van der Waals surface area contributed by atoms with Gasteiger partial charge in [-0.2, -0.15) is 5.10 Å². The SMILES string of the molecule is CC(=NNC(=O)CNC(=O)C1COc2ccccc2O1)c1ccc2c(c1)CCCC2. The van der Waals surface area contributed by atoms with Crippen LogP contribution in [-0.2, 0) is 22.4 Å². The van der Waals surface area contributed by atoms with Crippen molar-refractivity contribution in [3.8, 4) is 11.5 Å². The first kappa shape index (κ1) is 19.9. The maximum Gasteiger partial charge on any atom is 0.265 e. The summed E-state index contributed by atoms with van der Waals surface area (Å²) >= 11 is 0. The molecule has 30 heavy (non-hydrogen) atoms. The van der Waals surface area contributed by atoms with Gasteiger partial charge in [0.25, 0.3) is 11.8 Å². The number of benzene rings is 2. The van der Waals surface area contributed by atoms with Gasteiger partial charge in [-0.3, -0.25) is 9.59 Å². The number of amides is 2. The van der Waals surface area contributed by atoms with Crippen molar-refractivity contribution >= 4 is 17.5 Å². The predicted molar refractivity (Wildman–Crippen MR) is 113 cm³/mol. The topological polar surface area (TPSA) is 89.0 Å². The smallest absolute Gasteiger partial charge is 0.265 e. The Morgan fingerprint density at radius 2 is 1.83 bits per heavy atom. The minimum absolute atomic E-state index is 0.0973. The molecule has 0 bridgehead atoms. The molecule has 0 spiro atoms. The van der Waals surface area contributed by atoms with E-state index >= 15 is 0 Å². The van der Waals surface area contributed by atoms with Gasteiger partial charge in [-0.05, 0) is 67.5 Å². The molecule has 1 heterocycles. The Bertz CT molecular complexity index is 986. The Balaban J connectivity index is 1.27. The number of ether oxygens (including phenoxy) is 2. The first-order chi connectivity index (χ1) is 14.6. The number of fused-ring (bicyclic) bond motifs is 2. The van der Waals surface area contributed by atoms with Crippen LogP contribution in [0.25, 0.3) is 0 Å². The van der Waals surface area contributed by atoms with Gasteiger partial charge in [0.05, 0.1) is 12.3 Å². The maximum atomic E-state index is 12.3. The summed E-state index contributed by atoms with van der Waals surface area (Å²) in [6, 6.07) is 13.5. The van der Waals surface area contributed by atoms with Crippen molar-refractivity contribution in [3.63, 3.8) is 0 Å². The maximum absolute atomic E-state index is 12.3. The summed E-state index contributed by atoms with van der Waals surface area (Å²) in [7, 11) is 0. The van der Waals surface area contributed by atoms with Crippen LogP contribution in [0, 0.1) is 0 Å². The Morgan fingerprint density at radius 1 is 1.07 bits per heavy atom. The van der Waals surface area contributed by atoms with E-state index in [0.717, 1.165) is 24.1 Å². The molecule has 2 aliphatic rings. The summed E-state index contributed by atoms with van der Waals surface area (Å²) in [5.74, 6) is 0.303. The molecule has 2 amide bonds. The number of para-hydroxylation sites is 2. The number of hydrazone groups is 1. The summed E-state index contributed by atoms with van der Waals surface area (Å²) in [5.41, 5.74) is 6.98. The molecule has 2 aromatic rings. The first-order valence-electron chi connectivity index (χ1n) is 10.2. The van der Waals surface area contributed by atoms with Crippen molar-refractivity contribution in [2.45, 2.75) is 38.7 Å². The van der Waals surface area contributed by atoms with Crippen LogP contribution in [0.15, 0.2) is 47.6 Å². The van der Waals surface area contributed by atoms with Crippen molar-refractivity contribution in [3.05, 3.63) is 59.2 Å². The molecule has 7 nitrogen and oxygen atoms in total. The normalized spacial score (nSPS) is 17.6. The average molecular weight is 407 g/mol. The van der Waals surface area contributed by atoms with Gasteiger partial charge in [-0.25, -0.2) is 5.43 Å². The molecule has 1 unspecified atom stereocenters. The third-order valence-corrected chi connectivity index (χ3v) is 5.34.